The highest BCUT2D eigenvalue weighted by molar-refractivity contribution is 6.02. The Labute approximate surface area is 144 Å². The first-order valence-electron chi connectivity index (χ1n) is 7.83. The van der Waals surface area contributed by atoms with Gasteiger partial charge in [0.25, 0.3) is 11.8 Å². The molecule has 0 aliphatic rings. The average molecular weight is 338 g/mol. The number of furan rings is 1. The molecule has 128 valence electrons. The second-order valence-corrected chi connectivity index (χ2v) is 5.64. The van der Waals surface area contributed by atoms with Crippen LogP contribution in [0.2, 0.25) is 0 Å². The van der Waals surface area contributed by atoms with Crippen molar-refractivity contribution in [2.75, 3.05) is 5.32 Å². The zero-order valence-electron chi connectivity index (χ0n) is 13.7. The van der Waals surface area contributed by atoms with Crippen LogP contribution >= 0.6 is 0 Å². The first kappa shape index (κ1) is 16.5. The fourth-order valence-corrected chi connectivity index (χ4v) is 2.37. The molecule has 2 N–H and O–H groups in total. The standard InChI is InChI=1S/C18H18N4O3/c1-13(11-22-9-8-19-12-22)20-17(23)14-4-6-15(7-5-14)21-18(24)16-3-2-10-25-16/h2-10,12-13H,11H2,1H3,(H,20,23)(H,21,24)/t13-/m0/s1. The number of nitrogens with one attached hydrogen (secondary N) is 2. The van der Waals surface area contributed by atoms with Crippen LogP contribution in [0, 0.1) is 0 Å². The van der Waals surface area contributed by atoms with E-state index in [4.69, 9.17) is 4.42 Å². The third kappa shape index (κ3) is 4.35. The van der Waals surface area contributed by atoms with E-state index in [2.05, 4.69) is 15.6 Å². The summed E-state index contributed by atoms with van der Waals surface area (Å²) in [6.45, 7) is 2.57. The minimum Gasteiger partial charge on any atom is -0.459 e. The SMILES string of the molecule is C[C@@H](Cn1ccnc1)NC(=O)c1ccc(NC(=O)c2ccco2)cc1. The fourth-order valence-electron chi connectivity index (χ4n) is 2.37. The number of imidazole rings is 1. The molecule has 0 unspecified atom stereocenters. The van der Waals surface area contributed by atoms with Gasteiger partial charge in [-0.25, -0.2) is 4.98 Å². The molecule has 3 aromatic rings. The molecule has 2 heterocycles. The van der Waals surface area contributed by atoms with Gasteiger partial charge in [-0.1, -0.05) is 0 Å². The summed E-state index contributed by atoms with van der Waals surface area (Å²) in [7, 11) is 0. The lowest BCUT2D eigenvalue weighted by molar-refractivity contribution is 0.0936. The maximum absolute atomic E-state index is 12.3. The lowest BCUT2D eigenvalue weighted by Crippen LogP contribution is -2.35. The Morgan fingerprint density at radius 2 is 2.00 bits per heavy atom. The lowest BCUT2D eigenvalue weighted by Gasteiger charge is -2.14. The molecule has 0 aliphatic carbocycles. The average Bonchev–Trinajstić information content (AvgIpc) is 3.29. The van der Waals surface area contributed by atoms with Gasteiger partial charge in [0.2, 0.25) is 0 Å². The highest BCUT2D eigenvalue weighted by Gasteiger charge is 2.12. The number of benzene rings is 1. The van der Waals surface area contributed by atoms with Gasteiger partial charge in [-0.2, -0.15) is 0 Å². The zero-order valence-corrected chi connectivity index (χ0v) is 13.7. The van der Waals surface area contributed by atoms with Crippen molar-refractivity contribution in [1.29, 1.82) is 0 Å². The fraction of sp³-hybridized carbons (Fsp3) is 0.167. The van der Waals surface area contributed by atoms with Gasteiger partial charge in [-0.15, -0.1) is 0 Å². The molecular weight excluding hydrogens is 320 g/mol. The van der Waals surface area contributed by atoms with E-state index in [1.165, 1.54) is 6.26 Å². The Morgan fingerprint density at radius 1 is 1.20 bits per heavy atom. The van der Waals surface area contributed by atoms with Crippen LogP contribution in [-0.4, -0.2) is 27.4 Å². The normalized spacial score (nSPS) is 11.7. The molecule has 7 nitrogen and oxygen atoms in total. The third-order valence-corrected chi connectivity index (χ3v) is 3.57. The van der Waals surface area contributed by atoms with Gasteiger partial charge in [0.1, 0.15) is 0 Å². The van der Waals surface area contributed by atoms with Crippen LogP contribution in [0.25, 0.3) is 0 Å². The summed E-state index contributed by atoms with van der Waals surface area (Å²) in [6, 6.07) is 9.87. The molecule has 0 saturated carbocycles. The van der Waals surface area contributed by atoms with E-state index < -0.39 is 0 Å². The summed E-state index contributed by atoms with van der Waals surface area (Å²) in [5.74, 6) is -0.275. The number of hydrogen-bond acceptors (Lipinski definition) is 4. The van der Waals surface area contributed by atoms with E-state index in [9.17, 15) is 9.59 Å². The van der Waals surface area contributed by atoms with Crippen LogP contribution < -0.4 is 10.6 Å². The molecule has 25 heavy (non-hydrogen) atoms. The largest absolute Gasteiger partial charge is 0.459 e. The first-order chi connectivity index (χ1) is 12.1. The predicted octanol–water partition coefficient (Wildman–Crippen LogP) is 2.55. The molecule has 1 atom stereocenters. The number of carbonyl (C=O) groups excluding carboxylic acids is 2. The second-order valence-electron chi connectivity index (χ2n) is 5.64. The van der Waals surface area contributed by atoms with Crippen molar-refractivity contribution >= 4 is 17.5 Å². The smallest absolute Gasteiger partial charge is 0.291 e. The third-order valence-electron chi connectivity index (χ3n) is 3.57. The van der Waals surface area contributed by atoms with Crippen LogP contribution in [-0.2, 0) is 6.54 Å². The molecule has 0 bridgehead atoms. The quantitative estimate of drug-likeness (QED) is 0.723. The van der Waals surface area contributed by atoms with E-state index in [0.717, 1.165) is 0 Å². The number of aromatic nitrogens is 2. The van der Waals surface area contributed by atoms with Crippen LogP contribution in [0.3, 0.4) is 0 Å². The number of amides is 2. The molecule has 0 spiro atoms. The van der Waals surface area contributed by atoms with Crippen molar-refractivity contribution in [2.45, 2.75) is 19.5 Å². The predicted molar refractivity (Wildman–Crippen MR) is 92.3 cm³/mol. The molecule has 2 aromatic heterocycles. The molecule has 0 aliphatic heterocycles. The van der Waals surface area contributed by atoms with Crippen molar-refractivity contribution in [1.82, 2.24) is 14.9 Å². The van der Waals surface area contributed by atoms with E-state index in [1.807, 2.05) is 17.7 Å². The summed E-state index contributed by atoms with van der Waals surface area (Å²) in [5, 5.41) is 5.63. The van der Waals surface area contributed by atoms with Gasteiger partial charge in [-0.3, -0.25) is 9.59 Å². The van der Waals surface area contributed by atoms with Crippen molar-refractivity contribution in [3.63, 3.8) is 0 Å². The van der Waals surface area contributed by atoms with E-state index in [1.54, 1.807) is 48.9 Å². The number of nitrogens with zero attached hydrogens (tertiary/aromatic N) is 2. The van der Waals surface area contributed by atoms with E-state index >= 15 is 0 Å². The molecule has 2 amide bonds. The Bertz CT molecular complexity index is 824. The molecular formula is C18H18N4O3. The maximum atomic E-state index is 12.3. The van der Waals surface area contributed by atoms with E-state index in [-0.39, 0.29) is 23.6 Å². The van der Waals surface area contributed by atoms with Gasteiger partial charge in [-0.05, 0) is 43.3 Å². The molecule has 0 saturated heterocycles. The van der Waals surface area contributed by atoms with E-state index in [0.29, 0.717) is 17.8 Å². The Balaban J connectivity index is 1.56. The summed E-state index contributed by atoms with van der Waals surface area (Å²) in [4.78, 5) is 28.1. The minimum absolute atomic E-state index is 0.0416. The van der Waals surface area contributed by atoms with Gasteiger partial charge in [0.05, 0.1) is 12.6 Å². The van der Waals surface area contributed by atoms with Crippen molar-refractivity contribution in [3.05, 3.63) is 72.7 Å². The Kier molecular flexibility index (Phi) is 4.94. The topological polar surface area (TPSA) is 89.2 Å². The highest BCUT2D eigenvalue weighted by Crippen LogP contribution is 2.12. The second kappa shape index (κ2) is 7.48. The summed E-state index contributed by atoms with van der Waals surface area (Å²) < 4.78 is 6.93. The van der Waals surface area contributed by atoms with Crippen molar-refractivity contribution < 1.29 is 14.0 Å². The summed E-state index contributed by atoms with van der Waals surface area (Å²) >= 11 is 0. The number of anilines is 1. The van der Waals surface area contributed by atoms with Gasteiger partial charge >= 0.3 is 0 Å². The summed E-state index contributed by atoms with van der Waals surface area (Å²) in [6.07, 6.45) is 6.69. The van der Waals surface area contributed by atoms with Crippen LogP contribution in [0.4, 0.5) is 5.69 Å². The van der Waals surface area contributed by atoms with Crippen molar-refractivity contribution in [3.8, 4) is 0 Å². The number of carbonyl (C=O) groups is 2. The van der Waals surface area contributed by atoms with Gasteiger partial charge < -0.3 is 19.6 Å². The molecule has 0 radical (unpaired) electrons. The van der Waals surface area contributed by atoms with Crippen molar-refractivity contribution in [2.24, 2.45) is 0 Å². The van der Waals surface area contributed by atoms with Crippen LogP contribution in [0.15, 0.2) is 65.8 Å². The Hall–Kier alpha value is -3.35. The number of hydrogen-bond donors (Lipinski definition) is 2. The molecule has 1 aromatic carbocycles. The number of rotatable bonds is 6. The molecule has 0 fully saturated rings. The monoisotopic (exact) mass is 338 g/mol. The Morgan fingerprint density at radius 3 is 2.64 bits per heavy atom. The molecule has 3 rings (SSSR count). The lowest BCUT2D eigenvalue weighted by atomic mass is 10.1. The maximum Gasteiger partial charge on any atom is 0.291 e. The summed E-state index contributed by atoms with van der Waals surface area (Å²) in [5.41, 5.74) is 1.11. The first-order valence-corrected chi connectivity index (χ1v) is 7.83. The van der Waals surface area contributed by atoms with Crippen LogP contribution in [0.1, 0.15) is 27.8 Å². The zero-order chi connectivity index (χ0) is 17.6. The van der Waals surface area contributed by atoms with Gasteiger partial charge in [0, 0.05) is 36.2 Å². The highest BCUT2D eigenvalue weighted by atomic mass is 16.3. The van der Waals surface area contributed by atoms with Gasteiger partial charge in [0.15, 0.2) is 5.76 Å². The minimum atomic E-state index is -0.337. The van der Waals surface area contributed by atoms with Crippen LogP contribution in [0.5, 0.6) is 0 Å². The molecule has 7 heteroatoms.